The Morgan fingerprint density at radius 2 is 1.73 bits per heavy atom. The van der Waals surface area contributed by atoms with Gasteiger partial charge in [0, 0.05) is 0 Å². The van der Waals surface area contributed by atoms with Crippen molar-refractivity contribution in [2.75, 3.05) is 20.8 Å². The van der Waals surface area contributed by atoms with Gasteiger partial charge in [-0.3, -0.25) is 0 Å². The van der Waals surface area contributed by atoms with Gasteiger partial charge in [0.2, 0.25) is 0 Å². The number of hydrogen-bond donors (Lipinski definition) is 2. The minimum absolute atomic E-state index is 0.171. The van der Waals surface area contributed by atoms with Gasteiger partial charge in [-0.05, 0) is 36.6 Å². The van der Waals surface area contributed by atoms with E-state index in [0.717, 1.165) is 11.1 Å². The fourth-order valence-corrected chi connectivity index (χ4v) is 2.59. The van der Waals surface area contributed by atoms with Crippen LogP contribution in [0.15, 0.2) is 48.5 Å². The Morgan fingerprint density at radius 1 is 1.04 bits per heavy atom. The number of methoxy groups -OCH3 is 2. The first kappa shape index (κ1) is 19.6. The van der Waals surface area contributed by atoms with Crippen LogP contribution in [0.5, 0.6) is 11.5 Å². The first-order valence-corrected chi connectivity index (χ1v) is 8.30. The molecule has 1 unspecified atom stereocenters. The summed E-state index contributed by atoms with van der Waals surface area (Å²) in [5, 5.41) is 12.5. The molecule has 0 fully saturated rings. The number of amides is 1. The van der Waals surface area contributed by atoms with Gasteiger partial charge in [-0.15, -0.1) is 0 Å². The van der Waals surface area contributed by atoms with Crippen LogP contribution in [0.4, 0.5) is 4.79 Å². The Morgan fingerprint density at radius 3 is 2.35 bits per heavy atom. The van der Waals surface area contributed by atoms with E-state index in [1.54, 1.807) is 27.2 Å². The molecule has 0 aliphatic carbocycles. The van der Waals surface area contributed by atoms with E-state index >= 15 is 0 Å². The normalized spacial score (nSPS) is 12.8. The smallest absolute Gasteiger partial charge is 0.407 e. The number of carbonyl (C=O) groups is 1. The number of aliphatic hydroxyl groups excluding tert-OH is 1. The number of nitrogens with one attached hydrogen (secondary N) is 1. The van der Waals surface area contributed by atoms with Crippen molar-refractivity contribution < 1.29 is 24.1 Å². The summed E-state index contributed by atoms with van der Waals surface area (Å²) in [5.41, 5.74) is 0.920. The summed E-state index contributed by atoms with van der Waals surface area (Å²) in [7, 11) is 3.13. The Hall–Kier alpha value is -2.73. The quantitative estimate of drug-likeness (QED) is 0.758. The van der Waals surface area contributed by atoms with Gasteiger partial charge < -0.3 is 24.6 Å². The molecule has 0 aliphatic rings. The molecule has 2 aromatic rings. The molecule has 0 bridgehead atoms. The van der Waals surface area contributed by atoms with Crippen molar-refractivity contribution >= 4 is 6.09 Å². The minimum atomic E-state index is -0.868. The SMILES string of the molecule is COc1ccc(CC(C)(CO)NC(=O)OCc2ccccc2)cc1OC. The molecule has 6 heteroatoms. The fraction of sp³-hybridized carbons (Fsp3) is 0.350. The van der Waals surface area contributed by atoms with Crippen molar-refractivity contribution in [2.24, 2.45) is 0 Å². The van der Waals surface area contributed by atoms with Crippen LogP contribution in [0.25, 0.3) is 0 Å². The van der Waals surface area contributed by atoms with Crippen LogP contribution >= 0.6 is 0 Å². The number of ether oxygens (including phenoxy) is 3. The van der Waals surface area contributed by atoms with Gasteiger partial charge in [-0.2, -0.15) is 0 Å². The van der Waals surface area contributed by atoms with E-state index in [2.05, 4.69) is 5.32 Å². The molecule has 1 atom stereocenters. The van der Waals surface area contributed by atoms with Gasteiger partial charge in [-0.1, -0.05) is 36.4 Å². The molecule has 0 saturated heterocycles. The second kappa shape index (κ2) is 9.10. The van der Waals surface area contributed by atoms with Gasteiger partial charge in [-0.25, -0.2) is 4.79 Å². The predicted molar refractivity (Wildman–Crippen MR) is 98.5 cm³/mol. The molecule has 140 valence electrons. The van der Waals surface area contributed by atoms with E-state index in [0.29, 0.717) is 17.9 Å². The van der Waals surface area contributed by atoms with Crippen LogP contribution in [0.1, 0.15) is 18.1 Å². The lowest BCUT2D eigenvalue weighted by atomic mass is 9.93. The van der Waals surface area contributed by atoms with E-state index in [9.17, 15) is 9.90 Å². The summed E-state index contributed by atoms with van der Waals surface area (Å²) >= 11 is 0. The van der Waals surface area contributed by atoms with Gasteiger partial charge in [0.25, 0.3) is 0 Å². The molecule has 6 nitrogen and oxygen atoms in total. The van der Waals surface area contributed by atoms with Crippen LogP contribution in [0, 0.1) is 0 Å². The third-order valence-electron chi connectivity index (χ3n) is 4.01. The second-order valence-corrected chi connectivity index (χ2v) is 6.27. The van der Waals surface area contributed by atoms with Crippen molar-refractivity contribution in [3.63, 3.8) is 0 Å². The van der Waals surface area contributed by atoms with Crippen LogP contribution in [-0.4, -0.2) is 37.6 Å². The van der Waals surface area contributed by atoms with Crippen molar-refractivity contribution in [3.05, 3.63) is 59.7 Å². The van der Waals surface area contributed by atoms with Crippen LogP contribution in [0.2, 0.25) is 0 Å². The van der Waals surface area contributed by atoms with Gasteiger partial charge in [0.05, 0.1) is 26.4 Å². The maximum Gasteiger partial charge on any atom is 0.407 e. The standard InChI is InChI=1S/C20H25NO5/c1-20(14-22,12-16-9-10-17(24-2)18(11-16)25-3)21-19(23)26-13-15-7-5-4-6-8-15/h4-11,22H,12-14H2,1-3H3,(H,21,23). The number of rotatable bonds is 8. The molecule has 26 heavy (non-hydrogen) atoms. The lowest BCUT2D eigenvalue weighted by Crippen LogP contribution is -2.50. The van der Waals surface area contributed by atoms with E-state index in [1.165, 1.54) is 0 Å². The zero-order chi connectivity index (χ0) is 19.0. The Balaban J connectivity index is 1.99. The summed E-state index contributed by atoms with van der Waals surface area (Å²) in [6.07, 6.45) is -0.171. The van der Waals surface area contributed by atoms with Crippen molar-refractivity contribution in [1.29, 1.82) is 0 Å². The number of alkyl carbamates (subject to hydrolysis) is 1. The lowest BCUT2D eigenvalue weighted by Gasteiger charge is -2.28. The molecular weight excluding hydrogens is 334 g/mol. The maximum atomic E-state index is 12.1. The van der Waals surface area contributed by atoms with Crippen molar-refractivity contribution in [3.8, 4) is 11.5 Å². The molecule has 0 aromatic heterocycles. The highest BCUT2D eigenvalue weighted by atomic mass is 16.5. The molecule has 0 saturated carbocycles. The maximum absolute atomic E-state index is 12.1. The molecule has 0 heterocycles. The third-order valence-corrected chi connectivity index (χ3v) is 4.01. The Labute approximate surface area is 153 Å². The molecule has 2 N–H and O–H groups in total. The van der Waals surface area contributed by atoms with Crippen LogP contribution in [-0.2, 0) is 17.8 Å². The molecular formula is C20H25NO5. The zero-order valence-corrected chi connectivity index (χ0v) is 15.3. The average molecular weight is 359 g/mol. The summed E-state index contributed by atoms with van der Waals surface area (Å²) in [6.45, 7) is 1.69. The zero-order valence-electron chi connectivity index (χ0n) is 15.3. The summed E-state index contributed by atoms with van der Waals surface area (Å²) in [5.74, 6) is 1.22. The second-order valence-electron chi connectivity index (χ2n) is 6.27. The highest BCUT2D eigenvalue weighted by Crippen LogP contribution is 2.29. The molecule has 0 spiro atoms. The average Bonchev–Trinajstić information content (AvgIpc) is 2.67. The molecule has 1 amide bonds. The van der Waals surface area contributed by atoms with Crippen LogP contribution in [0.3, 0.4) is 0 Å². The van der Waals surface area contributed by atoms with Crippen molar-refractivity contribution in [1.82, 2.24) is 5.32 Å². The fourth-order valence-electron chi connectivity index (χ4n) is 2.59. The Kier molecular flexibility index (Phi) is 6.86. The predicted octanol–water partition coefficient (Wildman–Crippen LogP) is 2.92. The highest BCUT2D eigenvalue weighted by molar-refractivity contribution is 5.68. The van der Waals surface area contributed by atoms with E-state index < -0.39 is 11.6 Å². The first-order chi connectivity index (χ1) is 12.5. The summed E-state index contributed by atoms with van der Waals surface area (Å²) < 4.78 is 15.8. The van der Waals surface area contributed by atoms with E-state index in [1.807, 2.05) is 42.5 Å². The van der Waals surface area contributed by atoms with Crippen molar-refractivity contribution in [2.45, 2.75) is 25.5 Å². The number of carbonyl (C=O) groups excluding carboxylic acids is 1. The summed E-state index contributed by atoms with van der Waals surface area (Å²) in [4.78, 5) is 12.1. The monoisotopic (exact) mass is 359 g/mol. The molecule has 0 aliphatic heterocycles. The third kappa shape index (κ3) is 5.39. The molecule has 2 aromatic carbocycles. The van der Waals surface area contributed by atoms with Gasteiger partial charge in [0.15, 0.2) is 11.5 Å². The summed E-state index contributed by atoms with van der Waals surface area (Å²) in [6, 6.07) is 14.9. The van der Waals surface area contributed by atoms with Gasteiger partial charge in [0.1, 0.15) is 6.61 Å². The largest absolute Gasteiger partial charge is 0.493 e. The van der Waals surface area contributed by atoms with E-state index in [-0.39, 0.29) is 13.2 Å². The lowest BCUT2D eigenvalue weighted by molar-refractivity contribution is 0.111. The highest BCUT2D eigenvalue weighted by Gasteiger charge is 2.27. The van der Waals surface area contributed by atoms with Gasteiger partial charge >= 0.3 is 6.09 Å². The number of benzene rings is 2. The number of hydrogen-bond acceptors (Lipinski definition) is 5. The molecule has 2 rings (SSSR count). The first-order valence-electron chi connectivity index (χ1n) is 8.30. The van der Waals surface area contributed by atoms with E-state index in [4.69, 9.17) is 14.2 Å². The minimum Gasteiger partial charge on any atom is -0.493 e. The molecule has 0 radical (unpaired) electrons. The van der Waals surface area contributed by atoms with Crippen LogP contribution < -0.4 is 14.8 Å². The topological polar surface area (TPSA) is 77.0 Å². The Bertz CT molecular complexity index is 719. The number of aliphatic hydroxyl groups is 1.